The lowest BCUT2D eigenvalue weighted by Crippen LogP contribution is -2.31. The molecular weight excluding hydrogens is 273 g/mol. The molecule has 1 heterocycles. The minimum atomic E-state index is -0.284. The van der Waals surface area contributed by atoms with Crippen molar-refractivity contribution in [3.8, 4) is 0 Å². The maximum atomic E-state index is 14.2. The summed E-state index contributed by atoms with van der Waals surface area (Å²) in [6.45, 7) is 4.96. The number of benzene rings is 1. The zero-order valence-corrected chi connectivity index (χ0v) is 12.8. The number of hydrogen-bond donors (Lipinski definition) is 1. The summed E-state index contributed by atoms with van der Waals surface area (Å²) in [5.41, 5.74) is 6.52. The van der Waals surface area contributed by atoms with E-state index in [1.54, 1.807) is 18.2 Å². The van der Waals surface area contributed by atoms with Crippen molar-refractivity contribution in [1.29, 1.82) is 0 Å². The van der Waals surface area contributed by atoms with E-state index < -0.39 is 0 Å². The van der Waals surface area contributed by atoms with Crippen molar-refractivity contribution < 1.29 is 4.39 Å². The fraction of sp³-hybridized carbons (Fsp3) is 0.533. The molecule has 1 saturated heterocycles. The molecule has 3 nitrogen and oxygen atoms in total. The highest BCUT2D eigenvalue weighted by molar-refractivity contribution is 7.80. The van der Waals surface area contributed by atoms with E-state index in [9.17, 15) is 4.39 Å². The van der Waals surface area contributed by atoms with Gasteiger partial charge in [-0.3, -0.25) is 0 Å². The molecule has 1 aliphatic heterocycles. The first kappa shape index (κ1) is 15.4. The topological polar surface area (TPSA) is 32.5 Å². The van der Waals surface area contributed by atoms with E-state index >= 15 is 0 Å². The van der Waals surface area contributed by atoms with E-state index in [2.05, 4.69) is 9.80 Å². The standard InChI is InChI=1S/C15H22FN3S/c1-18(9-10-19-7-2-3-8-19)11-12-5-4-6-13(14(12)16)15(17)20/h4-6H,2-3,7-11H2,1H3,(H2,17,20). The van der Waals surface area contributed by atoms with Crippen molar-refractivity contribution in [3.05, 3.63) is 35.1 Å². The molecule has 1 aromatic carbocycles. The van der Waals surface area contributed by atoms with Gasteiger partial charge in [-0.15, -0.1) is 0 Å². The normalized spacial score (nSPS) is 15.9. The number of nitrogens with zero attached hydrogens (tertiary/aromatic N) is 2. The molecule has 0 spiro atoms. The van der Waals surface area contributed by atoms with E-state index in [1.165, 1.54) is 25.9 Å². The number of thiocarbonyl (C=S) groups is 1. The van der Waals surface area contributed by atoms with Crippen LogP contribution in [0.3, 0.4) is 0 Å². The van der Waals surface area contributed by atoms with Gasteiger partial charge < -0.3 is 15.5 Å². The number of halogens is 1. The lowest BCUT2D eigenvalue weighted by Gasteiger charge is -2.21. The molecular formula is C15H22FN3S. The van der Waals surface area contributed by atoms with Crippen LogP contribution in [0, 0.1) is 5.82 Å². The number of rotatable bonds is 6. The molecule has 2 rings (SSSR count). The quantitative estimate of drug-likeness (QED) is 0.814. The van der Waals surface area contributed by atoms with Gasteiger partial charge in [0.1, 0.15) is 10.8 Å². The Bertz CT molecular complexity index is 472. The first-order chi connectivity index (χ1) is 9.58. The fourth-order valence-corrected chi connectivity index (χ4v) is 2.74. The molecule has 2 N–H and O–H groups in total. The Kier molecular flexibility index (Phi) is 5.46. The van der Waals surface area contributed by atoms with Crippen LogP contribution < -0.4 is 5.73 Å². The van der Waals surface area contributed by atoms with Gasteiger partial charge >= 0.3 is 0 Å². The summed E-state index contributed by atoms with van der Waals surface area (Å²) in [6.07, 6.45) is 2.60. The van der Waals surface area contributed by atoms with Crippen LogP contribution in [0.25, 0.3) is 0 Å². The summed E-state index contributed by atoms with van der Waals surface area (Å²) in [4.78, 5) is 4.71. The summed E-state index contributed by atoms with van der Waals surface area (Å²) in [5, 5.41) is 0. The van der Waals surface area contributed by atoms with Gasteiger partial charge in [-0.05, 0) is 39.0 Å². The average molecular weight is 295 g/mol. The molecule has 20 heavy (non-hydrogen) atoms. The van der Waals surface area contributed by atoms with Gasteiger partial charge in [0.2, 0.25) is 0 Å². The summed E-state index contributed by atoms with van der Waals surface area (Å²) in [7, 11) is 2.02. The molecule has 1 fully saturated rings. The first-order valence-electron chi connectivity index (χ1n) is 7.06. The van der Waals surface area contributed by atoms with Crippen molar-refractivity contribution in [2.75, 3.05) is 33.2 Å². The van der Waals surface area contributed by atoms with Crippen molar-refractivity contribution in [2.24, 2.45) is 5.73 Å². The van der Waals surface area contributed by atoms with E-state index in [0.717, 1.165) is 13.1 Å². The van der Waals surface area contributed by atoms with Crippen LogP contribution >= 0.6 is 12.2 Å². The van der Waals surface area contributed by atoms with Crippen LogP contribution in [0.1, 0.15) is 24.0 Å². The number of likely N-dealkylation sites (tertiary alicyclic amines) is 1. The molecule has 0 radical (unpaired) electrons. The highest BCUT2D eigenvalue weighted by Crippen LogP contribution is 2.15. The maximum Gasteiger partial charge on any atom is 0.137 e. The second kappa shape index (κ2) is 7.11. The molecule has 0 atom stereocenters. The molecule has 110 valence electrons. The van der Waals surface area contributed by atoms with Gasteiger partial charge in [0.15, 0.2) is 0 Å². The maximum absolute atomic E-state index is 14.2. The second-order valence-corrected chi connectivity index (χ2v) is 5.87. The Hall–Kier alpha value is -1.04. The number of hydrogen-bond acceptors (Lipinski definition) is 3. The van der Waals surface area contributed by atoms with Crippen molar-refractivity contribution in [3.63, 3.8) is 0 Å². The number of nitrogens with two attached hydrogens (primary N) is 1. The zero-order valence-electron chi connectivity index (χ0n) is 11.9. The Morgan fingerprint density at radius 1 is 1.40 bits per heavy atom. The summed E-state index contributed by atoms with van der Waals surface area (Å²) < 4.78 is 14.2. The van der Waals surface area contributed by atoms with E-state index in [1.807, 2.05) is 7.05 Å². The third-order valence-corrected chi connectivity index (χ3v) is 4.00. The van der Waals surface area contributed by atoms with Crippen molar-refractivity contribution in [1.82, 2.24) is 9.80 Å². The Labute approximate surface area is 125 Å². The van der Waals surface area contributed by atoms with Crippen molar-refractivity contribution >= 4 is 17.2 Å². The fourth-order valence-electron chi connectivity index (χ4n) is 2.58. The minimum absolute atomic E-state index is 0.115. The highest BCUT2D eigenvalue weighted by Gasteiger charge is 2.14. The second-order valence-electron chi connectivity index (χ2n) is 5.43. The predicted octanol–water partition coefficient (Wildman–Crippen LogP) is 1.99. The molecule has 0 amide bonds. The molecule has 0 bridgehead atoms. The third-order valence-electron chi connectivity index (χ3n) is 3.78. The minimum Gasteiger partial charge on any atom is -0.389 e. The van der Waals surface area contributed by atoms with Crippen LogP contribution in [0.5, 0.6) is 0 Å². The molecule has 0 saturated carbocycles. The van der Waals surface area contributed by atoms with Gasteiger partial charge in [-0.2, -0.15) is 0 Å². The van der Waals surface area contributed by atoms with Gasteiger partial charge in [-0.25, -0.2) is 4.39 Å². The zero-order chi connectivity index (χ0) is 14.5. The van der Waals surface area contributed by atoms with Crippen LogP contribution in [0.4, 0.5) is 4.39 Å². The molecule has 0 aliphatic carbocycles. The average Bonchev–Trinajstić information content (AvgIpc) is 2.91. The van der Waals surface area contributed by atoms with E-state index in [4.69, 9.17) is 18.0 Å². The van der Waals surface area contributed by atoms with Crippen LogP contribution in [0.15, 0.2) is 18.2 Å². The van der Waals surface area contributed by atoms with Crippen molar-refractivity contribution in [2.45, 2.75) is 19.4 Å². The Morgan fingerprint density at radius 3 is 2.75 bits per heavy atom. The number of likely N-dealkylation sites (N-methyl/N-ethyl adjacent to an activating group) is 1. The predicted molar refractivity (Wildman–Crippen MR) is 84.3 cm³/mol. The van der Waals surface area contributed by atoms with Crippen LogP contribution in [-0.2, 0) is 6.54 Å². The molecule has 0 unspecified atom stereocenters. The first-order valence-corrected chi connectivity index (χ1v) is 7.47. The van der Waals surface area contributed by atoms with Crippen LogP contribution in [-0.4, -0.2) is 48.0 Å². The smallest absolute Gasteiger partial charge is 0.137 e. The largest absolute Gasteiger partial charge is 0.389 e. The molecule has 1 aromatic rings. The monoisotopic (exact) mass is 295 g/mol. The van der Waals surface area contributed by atoms with E-state index in [0.29, 0.717) is 17.7 Å². The van der Waals surface area contributed by atoms with Gasteiger partial charge in [0.25, 0.3) is 0 Å². The summed E-state index contributed by atoms with van der Waals surface area (Å²) in [6, 6.07) is 5.23. The van der Waals surface area contributed by atoms with E-state index in [-0.39, 0.29) is 10.8 Å². The third kappa shape index (κ3) is 3.98. The Morgan fingerprint density at radius 2 is 2.10 bits per heavy atom. The molecule has 1 aliphatic rings. The van der Waals surface area contributed by atoms with Gasteiger partial charge in [-0.1, -0.05) is 24.4 Å². The van der Waals surface area contributed by atoms with Crippen LogP contribution in [0.2, 0.25) is 0 Å². The summed E-state index contributed by atoms with van der Waals surface area (Å²) in [5.74, 6) is -0.284. The molecule has 5 heteroatoms. The molecule has 0 aromatic heterocycles. The summed E-state index contributed by atoms with van der Waals surface area (Å²) >= 11 is 4.86. The lowest BCUT2D eigenvalue weighted by atomic mass is 10.1. The lowest BCUT2D eigenvalue weighted by molar-refractivity contribution is 0.250. The van der Waals surface area contributed by atoms with Gasteiger partial charge in [0, 0.05) is 30.8 Å². The Balaban J connectivity index is 1.91. The SMILES string of the molecule is CN(CCN1CCCC1)Cc1cccc(C(N)=S)c1F. The van der Waals surface area contributed by atoms with Gasteiger partial charge in [0.05, 0.1) is 0 Å². The highest BCUT2D eigenvalue weighted by atomic mass is 32.1.